The minimum absolute atomic E-state index is 0.000875. The number of imide groups is 3. The summed E-state index contributed by atoms with van der Waals surface area (Å²) < 4.78 is 10.8. The summed E-state index contributed by atoms with van der Waals surface area (Å²) in [6.45, 7) is 13.9. The van der Waals surface area contributed by atoms with Gasteiger partial charge < -0.3 is 24.2 Å². The van der Waals surface area contributed by atoms with Gasteiger partial charge in [-0.05, 0) is 103 Å². The number of carbonyl (C=O) groups excluding carboxylic acids is 5. The molecule has 12 nitrogen and oxygen atoms in total. The van der Waals surface area contributed by atoms with Crippen molar-refractivity contribution in [2.45, 2.75) is 91.3 Å². The van der Waals surface area contributed by atoms with Crippen molar-refractivity contribution in [1.29, 1.82) is 0 Å². The fourth-order valence-electron chi connectivity index (χ4n) is 5.81. The molecule has 0 radical (unpaired) electrons. The van der Waals surface area contributed by atoms with Gasteiger partial charge in [0.15, 0.2) is 0 Å². The lowest BCUT2D eigenvalue weighted by molar-refractivity contribution is -0.117. The Bertz CT molecular complexity index is 1550. The lowest BCUT2D eigenvalue weighted by atomic mass is 10.0. The molecule has 1 aromatic carbocycles. The molecule has 0 bridgehead atoms. The lowest BCUT2D eigenvalue weighted by Crippen LogP contribution is -2.50. The van der Waals surface area contributed by atoms with E-state index in [-0.39, 0.29) is 21.9 Å². The molecule has 5 rings (SSSR count). The zero-order chi connectivity index (χ0) is 34.3. The van der Waals surface area contributed by atoms with E-state index in [1.807, 2.05) is 6.20 Å². The van der Waals surface area contributed by atoms with Crippen LogP contribution in [-0.4, -0.2) is 88.6 Å². The summed E-state index contributed by atoms with van der Waals surface area (Å²) in [6.07, 6.45) is 2.89. The first-order valence-electron chi connectivity index (χ1n) is 16.3. The van der Waals surface area contributed by atoms with Gasteiger partial charge in [-0.15, -0.1) is 4.90 Å². The first-order valence-corrected chi connectivity index (χ1v) is 16.3. The van der Waals surface area contributed by atoms with Crippen LogP contribution in [0.25, 0.3) is 0 Å². The van der Waals surface area contributed by atoms with Crippen molar-refractivity contribution in [1.82, 2.24) is 14.8 Å². The number of benzene rings is 1. The number of amides is 5. The summed E-state index contributed by atoms with van der Waals surface area (Å²) in [4.78, 5) is 78.0. The van der Waals surface area contributed by atoms with Crippen LogP contribution in [0.1, 0.15) is 105 Å². The zero-order valence-corrected chi connectivity index (χ0v) is 28.4. The second kappa shape index (κ2) is 13.0. The Morgan fingerprint density at radius 1 is 0.851 bits per heavy atom. The summed E-state index contributed by atoms with van der Waals surface area (Å²) in [5.41, 5.74) is 0.470. The van der Waals surface area contributed by atoms with Crippen molar-refractivity contribution in [2.24, 2.45) is 0 Å². The van der Waals surface area contributed by atoms with Crippen molar-refractivity contribution in [2.75, 3.05) is 42.5 Å². The van der Waals surface area contributed by atoms with E-state index in [1.165, 1.54) is 35.4 Å². The van der Waals surface area contributed by atoms with E-state index in [0.717, 1.165) is 11.4 Å². The van der Waals surface area contributed by atoms with Crippen LogP contribution in [0.2, 0.25) is 0 Å². The summed E-state index contributed by atoms with van der Waals surface area (Å²) in [6, 6.07) is 6.69. The fourth-order valence-corrected chi connectivity index (χ4v) is 5.81. The monoisotopic (exact) mass is 647 g/mol. The van der Waals surface area contributed by atoms with Crippen molar-refractivity contribution in [3.8, 4) is 0 Å². The van der Waals surface area contributed by atoms with Crippen LogP contribution in [0.4, 0.5) is 21.1 Å². The van der Waals surface area contributed by atoms with Gasteiger partial charge in [0.2, 0.25) is 5.91 Å². The first kappa shape index (κ1) is 33.9. The van der Waals surface area contributed by atoms with E-state index in [1.54, 1.807) is 52.5 Å². The van der Waals surface area contributed by atoms with Crippen LogP contribution in [-0.2, 0) is 14.3 Å². The van der Waals surface area contributed by atoms with E-state index in [4.69, 9.17) is 14.5 Å². The number of nitrogens with zero attached hydrogens (tertiary/aromatic N) is 5. The van der Waals surface area contributed by atoms with Crippen molar-refractivity contribution >= 4 is 41.4 Å². The van der Waals surface area contributed by atoms with E-state index < -0.39 is 35.2 Å². The van der Waals surface area contributed by atoms with Gasteiger partial charge in [-0.1, -0.05) is 6.07 Å². The summed E-state index contributed by atoms with van der Waals surface area (Å²) in [5, 5.41) is 0. The Hall–Kier alpha value is -4.48. The SMILES string of the molecule is Cc1cc(C2CC2)cnc1N1CCN(C(=O)c2ccc(N3CCCC3=O)cc2C(=O)N(C(=O)OC(C)(C)C)C(=O)OC(C)(C)C)CC1. The highest BCUT2D eigenvalue weighted by Gasteiger charge is 2.39. The molecule has 47 heavy (non-hydrogen) atoms. The number of aromatic nitrogens is 1. The zero-order valence-electron chi connectivity index (χ0n) is 28.4. The molecule has 12 heteroatoms. The average molecular weight is 648 g/mol. The molecular formula is C35H45N5O7. The van der Waals surface area contributed by atoms with Gasteiger partial charge in [0.1, 0.15) is 17.0 Å². The molecule has 1 aliphatic carbocycles. The molecule has 0 N–H and O–H groups in total. The highest BCUT2D eigenvalue weighted by Crippen LogP contribution is 2.40. The third-order valence-electron chi connectivity index (χ3n) is 8.19. The Balaban J connectivity index is 1.44. The molecular weight excluding hydrogens is 602 g/mol. The molecule has 252 valence electrons. The summed E-state index contributed by atoms with van der Waals surface area (Å²) in [7, 11) is 0. The molecule has 1 aromatic heterocycles. The maximum absolute atomic E-state index is 14.2. The Kier molecular flexibility index (Phi) is 9.34. The maximum atomic E-state index is 14.2. The van der Waals surface area contributed by atoms with Gasteiger partial charge in [0.25, 0.3) is 11.8 Å². The van der Waals surface area contributed by atoms with Gasteiger partial charge in [-0.3, -0.25) is 14.4 Å². The molecule has 3 heterocycles. The molecule has 5 amide bonds. The van der Waals surface area contributed by atoms with Gasteiger partial charge >= 0.3 is 12.2 Å². The first-order chi connectivity index (χ1) is 22.0. The second-order valence-corrected chi connectivity index (χ2v) is 14.4. The standard InChI is InChI=1S/C35H45N5O7/c1-22-19-24(23-10-11-23)21-36-29(22)37-15-17-38(18-16-37)30(42)26-13-12-25(39-14-8-9-28(39)41)20-27(26)31(43)40(32(44)46-34(2,3)4)33(45)47-35(5,6)7/h12-13,19-21,23H,8-11,14-18H2,1-7H3. The smallest absolute Gasteiger partial charge is 0.427 e. The summed E-state index contributed by atoms with van der Waals surface area (Å²) in [5.74, 6) is -0.140. The molecule has 0 unspecified atom stereocenters. The number of pyridine rings is 1. The van der Waals surface area contributed by atoms with Crippen LogP contribution in [0.15, 0.2) is 30.5 Å². The fraction of sp³-hybridized carbons (Fsp3) is 0.543. The quantitative estimate of drug-likeness (QED) is 0.403. The highest BCUT2D eigenvalue weighted by atomic mass is 16.6. The van der Waals surface area contributed by atoms with Gasteiger partial charge in [0.05, 0.1) is 11.1 Å². The molecule has 0 atom stereocenters. The second-order valence-electron chi connectivity index (χ2n) is 14.4. The van der Waals surface area contributed by atoms with E-state index >= 15 is 0 Å². The van der Waals surface area contributed by atoms with Crippen molar-refractivity contribution < 1.29 is 33.4 Å². The molecule has 3 aliphatic rings. The lowest BCUT2D eigenvalue weighted by Gasteiger charge is -2.36. The largest absolute Gasteiger partial charge is 0.443 e. The minimum atomic E-state index is -1.23. The van der Waals surface area contributed by atoms with Crippen molar-refractivity contribution in [3.05, 3.63) is 52.7 Å². The molecule has 3 fully saturated rings. The summed E-state index contributed by atoms with van der Waals surface area (Å²) >= 11 is 0. The minimum Gasteiger partial charge on any atom is -0.443 e. The normalized spacial score (nSPS) is 17.1. The molecule has 2 saturated heterocycles. The van der Waals surface area contributed by atoms with Gasteiger partial charge in [-0.25, -0.2) is 14.6 Å². The molecule has 0 spiro atoms. The third kappa shape index (κ3) is 7.91. The van der Waals surface area contributed by atoms with Crippen LogP contribution >= 0.6 is 0 Å². The third-order valence-corrected chi connectivity index (χ3v) is 8.19. The topological polar surface area (TPSA) is 130 Å². The Morgan fingerprint density at radius 3 is 1.98 bits per heavy atom. The average Bonchev–Trinajstić information content (AvgIpc) is 3.75. The van der Waals surface area contributed by atoms with E-state index in [2.05, 4.69) is 17.9 Å². The number of anilines is 2. The number of ether oxygens (including phenoxy) is 2. The van der Waals surface area contributed by atoms with E-state index in [0.29, 0.717) is 57.2 Å². The van der Waals surface area contributed by atoms with Gasteiger partial charge in [0, 0.05) is 51.0 Å². The number of aryl methyl sites for hydroxylation is 1. The van der Waals surface area contributed by atoms with Crippen LogP contribution < -0.4 is 9.80 Å². The number of hydrogen-bond acceptors (Lipinski definition) is 9. The number of hydrogen-bond donors (Lipinski definition) is 0. The Morgan fingerprint density at radius 2 is 1.47 bits per heavy atom. The van der Waals surface area contributed by atoms with E-state index in [9.17, 15) is 24.0 Å². The molecule has 2 aliphatic heterocycles. The molecule has 2 aromatic rings. The number of piperazine rings is 1. The number of carbonyl (C=O) groups is 5. The predicted octanol–water partition coefficient (Wildman–Crippen LogP) is 5.67. The van der Waals surface area contributed by atoms with Gasteiger partial charge in [-0.2, -0.15) is 0 Å². The predicted molar refractivity (Wildman–Crippen MR) is 176 cm³/mol. The Labute approximate surface area is 276 Å². The van der Waals surface area contributed by atoms with Crippen molar-refractivity contribution in [3.63, 3.8) is 0 Å². The maximum Gasteiger partial charge on any atom is 0.427 e. The molecule has 1 saturated carbocycles. The van der Waals surface area contributed by atoms with Crippen LogP contribution in [0.3, 0.4) is 0 Å². The van der Waals surface area contributed by atoms with Crippen LogP contribution in [0.5, 0.6) is 0 Å². The van der Waals surface area contributed by atoms with Crippen LogP contribution in [0, 0.1) is 6.92 Å². The number of rotatable bonds is 5. The highest BCUT2D eigenvalue weighted by molar-refractivity contribution is 6.17.